The number of hydrogen-bond acceptors (Lipinski definition) is 8. The lowest BCUT2D eigenvalue weighted by Gasteiger charge is -2.09. The van der Waals surface area contributed by atoms with Crippen molar-refractivity contribution < 1.29 is 28.3 Å². The van der Waals surface area contributed by atoms with Crippen molar-refractivity contribution in [2.24, 2.45) is 0 Å². The molecule has 0 aliphatic rings. The number of aromatic nitrogens is 2. The Morgan fingerprint density at radius 1 is 1.00 bits per heavy atom. The Morgan fingerprint density at radius 2 is 1.78 bits per heavy atom. The van der Waals surface area contributed by atoms with Gasteiger partial charge in [-0.15, -0.1) is 0 Å². The number of methoxy groups -OCH3 is 3. The summed E-state index contributed by atoms with van der Waals surface area (Å²) in [6, 6.07) is 12.1. The van der Waals surface area contributed by atoms with Crippen molar-refractivity contribution in [2.45, 2.75) is 6.61 Å². The summed E-state index contributed by atoms with van der Waals surface area (Å²) >= 11 is 0. The van der Waals surface area contributed by atoms with E-state index in [-0.39, 0.29) is 18.1 Å². The van der Waals surface area contributed by atoms with Crippen LogP contribution >= 0.6 is 0 Å². The first-order chi connectivity index (χ1) is 13.1. The van der Waals surface area contributed by atoms with Crippen molar-refractivity contribution in [3.05, 3.63) is 53.9 Å². The van der Waals surface area contributed by atoms with Crippen molar-refractivity contribution in [2.75, 3.05) is 21.3 Å². The van der Waals surface area contributed by atoms with Gasteiger partial charge in [0, 0.05) is 11.6 Å². The zero-order chi connectivity index (χ0) is 19.2. The average Bonchev–Trinajstić information content (AvgIpc) is 3.20. The second kappa shape index (κ2) is 8.22. The van der Waals surface area contributed by atoms with E-state index in [1.807, 2.05) is 18.2 Å². The monoisotopic (exact) mass is 370 g/mol. The largest absolute Gasteiger partial charge is 0.497 e. The van der Waals surface area contributed by atoms with Gasteiger partial charge in [-0.2, -0.15) is 4.98 Å². The van der Waals surface area contributed by atoms with E-state index >= 15 is 0 Å². The highest BCUT2D eigenvalue weighted by molar-refractivity contribution is 5.92. The highest BCUT2D eigenvalue weighted by Crippen LogP contribution is 2.26. The van der Waals surface area contributed by atoms with Crippen molar-refractivity contribution in [3.8, 4) is 28.6 Å². The minimum atomic E-state index is -0.573. The molecule has 1 aromatic heterocycles. The predicted molar refractivity (Wildman–Crippen MR) is 95.0 cm³/mol. The standard InChI is InChI=1S/C19H18N2O6/c1-23-13-6-4-5-12(9-13)18-20-17(27-21-18)11-26-19(22)15-8-7-14(24-2)10-16(15)25-3/h4-10H,11H2,1-3H3. The number of ether oxygens (including phenoxy) is 4. The average molecular weight is 370 g/mol. The molecule has 0 atom stereocenters. The SMILES string of the molecule is COc1cccc(-c2noc(COC(=O)c3ccc(OC)cc3OC)n2)c1. The molecule has 0 saturated carbocycles. The highest BCUT2D eigenvalue weighted by atomic mass is 16.6. The van der Waals surface area contributed by atoms with Gasteiger partial charge in [0.05, 0.1) is 21.3 Å². The maximum Gasteiger partial charge on any atom is 0.342 e. The third-order valence-corrected chi connectivity index (χ3v) is 3.75. The van der Waals surface area contributed by atoms with Gasteiger partial charge in [0.25, 0.3) is 5.89 Å². The van der Waals surface area contributed by atoms with E-state index in [0.29, 0.717) is 23.1 Å². The van der Waals surface area contributed by atoms with Gasteiger partial charge >= 0.3 is 5.97 Å². The molecule has 27 heavy (non-hydrogen) atoms. The number of nitrogens with zero attached hydrogens (tertiary/aromatic N) is 2. The van der Waals surface area contributed by atoms with E-state index < -0.39 is 5.97 Å². The van der Waals surface area contributed by atoms with Crippen LogP contribution in [-0.4, -0.2) is 37.4 Å². The fourth-order valence-corrected chi connectivity index (χ4v) is 2.37. The summed E-state index contributed by atoms with van der Waals surface area (Å²) in [4.78, 5) is 16.5. The van der Waals surface area contributed by atoms with Crippen LogP contribution in [0.2, 0.25) is 0 Å². The van der Waals surface area contributed by atoms with Crippen LogP contribution in [0.1, 0.15) is 16.2 Å². The minimum absolute atomic E-state index is 0.162. The van der Waals surface area contributed by atoms with Crippen LogP contribution in [0.4, 0.5) is 0 Å². The lowest BCUT2D eigenvalue weighted by Crippen LogP contribution is -2.07. The molecule has 2 aromatic carbocycles. The summed E-state index contributed by atoms with van der Waals surface area (Å²) in [5, 5.41) is 3.89. The molecular weight excluding hydrogens is 352 g/mol. The van der Waals surface area contributed by atoms with Crippen molar-refractivity contribution in [1.82, 2.24) is 10.1 Å². The van der Waals surface area contributed by atoms with Crippen molar-refractivity contribution in [1.29, 1.82) is 0 Å². The lowest BCUT2D eigenvalue weighted by atomic mass is 10.2. The second-order valence-electron chi connectivity index (χ2n) is 5.39. The second-order valence-corrected chi connectivity index (χ2v) is 5.39. The molecule has 8 nitrogen and oxygen atoms in total. The zero-order valence-corrected chi connectivity index (χ0v) is 15.1. The Morgan fingerprint density at radius 3 is 2.52 bits per heavy atom. The van der Waals surface area contributed by atoms with Gasteiger partial charge in [0.1, 0.15) is 22.8 Å². The van der Waals surface area contributed by atoms with Crippen LogP contribution in [0, 0.1) is 0 Å². The Kier molecular flexibility index (Phi) is 5.55. The van der Waals surface area contributed by atoms with Crippen LogP contribution in [0.25, 0.3) is 11.4 Å². The van der Waals surface area contributed by atoms with Crippen LogP contribution < -0.4 is 14.2 Å². The van der Waals surface area contributed by atoms with Crippen LogP contribution in [0.5, 0.6) is 17.2 Å². The summed E-state index contributed by atoms with van der Waals surface area (Å²) in [6.07, 6.45) is 0. The van der Waals surface area contributed by atoms with Gasteiger partial charge in [-0.05, 0) is 24.3 Å². The first-order valence-corrected chi connectivity index (χ1v) is 8.00. The first kappa shape index (κ1) is 18.2. The molecule has 0 saturated heterocycles. The molecule has 0 bridgehead atoms. The van der Waals surface area contributed by atoms with Crippen molar-refractivity contribution >= 4 is 5.97 Å². The maximum absolute atomic E-state index is 12.3. The molecule has 0 aliphatic heterocycles. The van der Waals surface area contributed by atoms with Gasteiger partial charge in [-0.25, -0.2) is 4.79 Å². The summed E-state index contributed by atoms with van der Waals surface area (Å²) < 4.78 is 25.9. The van der Waals surface area contributed by atoms with Crippen LogP contribution in [-0.2, 0) is 11.3 Å². The summed E-state index contributed by atoms with van der Waals surface area (Å²) in [6.45, 7) is -0.162. The highest BCUT2D eigenvalue weighted by Gasteiger charge is 2.17. The number of esters is 1. The van der Waals surface area contributed by atoms with E-state index in [9.17, 15) is 4.79 Å². The Bertz CT molecular complexity index is 937. The number of hydrogen-bond donors (Lipinski definition) is 0. The van der Waals surface area contributed by atoms with Gasteiger partial charge in [0.2, 0.25) is 5.82 Å². The molecule has 8 heteroatoms. The van der Waals surface area contributed by atoms with E-state index in [2.05, 4.69) is 10.1 Å². The molecule has 140 valence electrons. The molecule has 0 aliphatic carbocycles. The Labute approximate surface area is 155 Å². The molecular formula is C19H18N2O6. The molecule has 0 amide bonds. The predicted octanol–water partition coefficient (Wildman–Crippen LogP) is 3.12. The molecule has 0 fully saturated rings. The van der Waals surface area contributed by atoms with Crippen molar-refractivity contribution in [3.63, 3.8) is 0 Å². The molecule has 0 N–H and O–H groups in total. The molecule has 0 radical (unpaired) electrons. The minimum Gasteiger partial charge on any atom is -0.497 e. The fourth-order valence-electron chi connectivity index (χ4n) is 2.37. The van der Waals surface area contributed by atoms with Gasteiger partial charge < -0.3 is 23.5 Å². The lowest BCUT2D eigenvalue weighted by molar-refractivity contribution is 0.0426. The Balaban J connectivity index is 1.69. The topological polar surface area (TPSA) is 92.9 Å². The fraction of sp³-hybridized carbons (Fsp3) is 0.211. The third kappa shape index (κ3) is 4.17. The number of benzene rings is 2. The molecule has 0 spiro atoms. The van der Waals surface area contributed by atoms with Gasteiger partial charge in [-0.1, -0.05) is 17.3 Å². The van der Waals surface area contributed by atoms with E-state index in [0.717, 1.165) is 5.56 Å². The summed E-state index contributed by atoms with van der Waals surface area (Å²) in [7, 11) is 4.57. The molecule has 3 rings (SSSR count). The summed E-state index contributed by atoms with van der Waals surface area (Å²) in [5.74, 6) is 1.58. The number of rotatable bonds is 7. The quantitative estimate of drug-likeness (QED) is 0.586. The van der Waals surface area contributed by atoms with E-state index in [1.54, 1.807) is 31.4 Å². The maximum atomic E-state index is 12.3. The van der Waals surface area contributed by atoms with Gasteiger partial charge in [-0.3, -0.25) is 0 Å². The smallest absolute Gasteiger partial charge is 0.342 e. The van der Waals surface area contributed by atoms with Crippen LogP contribution in [0.15, 0.2) is 47.0 Å². The summed E-state index contributed by atoms with van der Waals surface area (Å²) in [5.41, 5.74) is 0.998. The van der Waals surface area contributed by atoms with E-state index in [1.165, 1.54) is 14.2 Å². The van der Waals surface area contributed by atoms with Crippen LogP contribution in [0.3, 0.4) is 0 Å². The molecule has 1 heterocycles. The number of carbonyl (C=O) groups is 1. The molecule has 0 unspecified atom stereocenters. The number of carbonyl (C=O) groups excluding carboxylic acids is 1. The normalized spacial score (nSPS) is 10.3. The molecule has 3 aromatic rings. The first-order valence-electron chi connectivity index (χ1n) is 8.00. The van der Waals surface area contributed by atoms with E-state index in [4.69, 9.17) is 23.5 Å². The Hall–Kier alpha value is -3.55. The third-order valence-electron chi connectivity index (χ3n) is 3.75. The zero-order valence-electron chi connectivity index (χ0n) is 15.1. The van der Waals surface area contributed by atoms with Gasteiger partial charge in [0.15, 0.2) is 6.61 Å².